The van der Waals surface area contributed by atoms with Gasteiger partial charge >= 0.3 is 6.03 Å². The molecular weight excluding hydrogens is 495 g/mol. The van der Waals surface area contributed by atoms with Gasteiger partial charge < -0.3 is 15.1 Å². The normalized spacial score (nSPS) is 13.6. The summed E-state index contributed by atoms with van der Waals surface area (Å²) >= 11 is 12.4. The molecule has 0 saturated carbocycles. The van der Waals surface area contributed by atoms with Crippen LogP contribution < -0.4 is 10.2 Å². The largest absolute Gasteiger partial charge is 0.368 e. The molecule has 36 heavy (non-hydrogen) atoms. The van der Waals surface area contributed by atoms with Crippen LogP contribution in [0.25, 0.3) is 11.4 Å². The number of nitrogens with one attached hydrogen (secondary N) is 1. The lowest BCUT2D eigenvalue weighted by Gasteiger charge is -2.36. The van der Waals surface area contributed by atoms with E-state index in [1.54, 1.807) is 29.4 Å². The van der Waals surface area contributed by atoms with Crippen LogP contribution in [0.5, 0.6) is 0 Å². The topological polar surface area (TPSA) is 66.3 Å². The molecule has 1 saturated heterocycles. The number of hydrogen-bond donors (Lipinski definition) is 1. The van der Waals surface area contributed by atoms with Crippen LogP contribution in [0, 0.1) is 0 Å². The molecule has 2 amide bonds. The molecule has 0 unspecified atom stereocenters. The number of hydrogen-bond acceptors (Lipinski definition) is 4. The summed E-state index contributed by atoms with van der Waals surface area (Å²) in [6.07, 6.45) is 2.70. The summed E-state index contributed by atoms with van der Waals surface area (Å²) in [5.74, 6) is 0.717. The lowest BCUT2D eigenvalue weighted by molar-refractivity contribution is 0.208. The first-order valence-electron chi connectivity index (χ1n) is 11.9. The number of carbonyl (C=O) groups is 1. The van der Waals surface area contributed by atoms with E-state index in [2.05, 4.69) is 56.7 Å². The van der Waals surface area contributed by atoms with Gasteiger partial charge in [-0.05, 0) is 48.4 Å². The molecule has 0 radical (unpaired) electrons. The van der Waals surface area contributed by atoms with Crippen LogP contribution >= 0.6 is 23.2 Å². The molecule has 0 aliphatic carbocycles. The standard InChI is InChI=1S/C27H26Cl2N6O/c28-23-7-4-8-24(29)25(23)31-27(36)34-17-15-33(16-18-34)22-11-9-21(10-12-22)26-30-19-35(32-26)14-13-20-5-2-1-3-6-20/h1-12,19H,13-18H2,(H,31,36). The van der Waals surface area contributed by atoms with Crippen molar-refractivity contribution in [2.24, 2.45) is 0 Å². The number of halogens is 2. The Bertz CT molecular complexity index is 1300. The predicted molar refractivity (Wildman–Crippen MR) is 145 cm³/mol. The van der Waals surface area contributed by atoms with Crippen molar-refractivity contribution >= 4 is 40.6 Å². The van der Waals surface area contributed by atoms with E-state index < -0.39 is 0 Å². The first kappa shape index (κ1) is 24.2. The van der Waals surface area contributed by atoms with Crippen molar-refractivity contribution in [3.63, 3.8) is 0 Å². The highest BCUT2D eigenvalue weighted by Gasteiger charge is 2.22. The average molecular weight is 521 g/mol. The molecule has 1 aliphatic heterocycles. The van der Waals surface area contributed by atoms with Crippen molar-refractivity contribution in [1.29, 1.82) is 0 Å². The third kappa shape index (κ3) is 5.64. The summed E-state index contributed by atoms with van der Waals surface area (Å²) in [7, 11) is 0. The SMILES string of the molecule is O=C(Nc1c(Cl)cccc1Cl)N1CCN(c2ccc(-c3ncn(CCc4ccccc4)n3)cc2)CC1. The summed E-state index contributed by atoms with van der Waals surface area (Å²) in [6, 6.07) is 23.6. The van der Waals surface area contributed by atoms with Gasteiger partial charge in [-0.2, -0.15) is 5.10 Å². The van der Waals surface area contributed by atoms with Gasteiger partial charge in [0.15, 0.2) is 5.82 Å². The fourth-order valence-corrected chi connectivity index (χ4v) is 4.71. The highest BCUT2D eigenvalue weighted by molar-refractivity contribution is 6.39. The number of anilines is 2. The van der Waals surface area contributed by atoms with Crippen molar-refractivity contribution < 1.29 is 4.79 Å². The first-order chi connectivity index (χ1) is 17.6. The monoisotopic (exact) mass is 520 g/mol. The number of aromatic nitrogens is 3. The number of piperazine rings is 1. The van der Waals surface area contributed by atoms with Crippen molar-refractivity contribution in [2.75, 3.05) is 36.4 Å². The molecule has 4 aromatic rings. The molecule has 1 fully saturated rings. The number of aryl methyl sites for hydroxylation is 2. The maximum absolute atomic E-state index is 12.7. The zero-order chi connectivity index (χ0) is 24.9. The van der Waals surface area contributed by atoms with Crippen LogP contribution in [0.1, 0.15) is 5.56 Å². The van der Waals surface area contributed by atoms with E-state index in [0.29, 0.717) is 34.6 Å². The third-order valence-corrected chi connectivity index (χ3v) is 6.89. The Morgan fingerprint density at radius 3 is 2.25 bits per heavy atom. The van der Waals surface area contributed by atoms with Crippen LogP contribution in [0.2, 0.25) is 10.0 Å². The van der Waals surface area contributed by atoms with Gasteiger partial charge in [0.2, 0.25) is 0 Å². The second-order valence-corrected chi connectivity index (χ2v) is 9.43. The summed E-state index contributed by atoms with van der Waals surface area (Å²) < 4.78 is 1.89. The minimum absolute atomic E-state index is 0.200. The Kier molecular flexibility index (Phi) is 7.39. The van der Waals surface area contributed by atoms with Crippen molar-refractivity contribution in [1.82, 2.24) is 19.7 Å². The van der Waals surface area contributed by atoms with Gasteiger partial charge in [-0.3, -0.25) is 4.68 Å². The first-order valence-corrected chi connectivity index (χ1v) is 12.6. The Balaban J connectivity index is 1.14. The number of urea groups is 1. The lowest BCUT2D eigenvalue weighted by atomic mass is 10.1. The zero-order valence-electron chi connectivity index (χ0n) is 19.6. The number of benzene rings is 3. The molecule has 0 bridgehead atoms. The maximum Gasteiger partial charge on any atom is 0.322 e. The van der Waals surface area contributed by atoms with Crippen LogP contribution in [0.4, 0.5) is 16.2 Å². The van der Waals surface area contributed by atoms with Gasteiger partial charge in [0.1, 0.15) is 6.33 Å². The molecule has 1 aliphatic rings. The summed E-state index contributed by atoms with van der Waals surface area (Å²) in [5, 5.41) is 8.32. The smallest absolute Gasteiger partial charge is 0.322 e. The fraction of sp³-hybridized carbons (Fsp3) is 0.222. The number of nitrogens with zero attached hydrogens (tertiary/aromatic N) is 5. The molecule has 7 nitrogen and oxygen atoms in total. The molecule has 5 rings (SSSR count). The quantitative estimate of drug-likeness (QED) is 0.346. The molecule has 9 heteroatoms. The van der Waals surface area contributed by atoms with Gasteiger partial charge in [-0.15, -0.1) is 0 Å². The summed E-state index contributed by atoms with van der Waals surface area (Å²) in [4.78, 5) is 21.2. The van der Waals surface area contributed by atoms with E-state index in [-0.39, 0.29) is 6.03 Å². The highest BCUT2D eigenvalue weighted by Crippen LogP contribution is 2.30. The summed E-state index contributed by atoms with van der Waals surface area (Å²) in [6.45, 7) is 3.45. The molecule has 3 aromatic carbocycles. The van der Waals surface area contributed by atoms with Crippen LogP contribution in [-0.2, 0) is 13.0 Å². The van der Waals surface area contributed by atoms with E-state index in [4.69, 9.17) is 23.2 Å². The van der Waals surface area contributed by atoms with Gasteiger partial charge in [0.05, 0.1) is 15.7 Å². The van der Waals surface area contributed by atoms with E-state index >= 15 is 0 Å². The highest BCUT2D eigenvalue weighted by atomic mass is 35.5. The number of para-hydroxylation sites is 1. The minimum Gasteiger partial charge on any atom is -0.368 e. The van der Waals surface area contributed by atoms with Gasteiger partial charge in [-0.25, -0.2) is 9.78 Å². The molecule has 1 N–H and O–H groups in total. The zero-order valence-corrected chi connectivity index (χ0v) is 21.2. The molecule has 2 heterocycles. The number of amides is 2. The van der Waals surface area contributed by atoms with Gasteiger partial charge in [0, 0.05) is 44.0 Å². The Hall–Kier alpha value is -3.55. The Morgan fingerprint density at radius 1 is 0.861 bits per heavy atom. The molecule has 1 aromatic heterocycles. The second-order valence-electron chi connectivity index (χ2n) is 8.61. The lowest BCUT2D eigenvalue weighted by Crippen LogP contribution is -2.50. The van der Waals surface area contributed by atoms with Crippen LogP contribution in [-0.4, -0.2) is 51.9 Å². The van der Waals surface area contributed by atoms with E-state index in [1.165, 1.54) is 5.56 Å². The van der Waals surface area contributed by atoms with Crippen molar-refractivity contribution in [2.45, 2.75) is 13.0 Å². The van der Waals surface area contributed by atoms with Crippen molar-refractivity contribution in [3.05, 3.63) is 94.7 Å². The number of carbonyl (C=O) groups excluding carboxylic acids is 1. The summed E-state index contributed by atoms with van der Waals surface area (Å²) in [5.41, 5.74) is 3.81. The number of rotatable bonds is 6. The molecule has 0 atom stereocenters. The van der Waals surface area contributed by atoms with Crippen molar-refractivity contribution in [3.8, 4) is 11.4 Å². The molecule has 0 spiro atoms. The van der Waals surface area contributed by atoms with Gasteiger partial charge in [-0.1, -0.05) is 59.6 Å². The van der Waals surface area contributed by atoms with Crippen LogP contribution in [0.15, 0.2) is 79.1 Å². The van der Waals surface area contributed by atoms with E-state index in [0.717, 1.165) is 37.3 Å². The predicted octanol–water partition coefficient (Wildman–Crippen LogP) is 5.85. The van der Waals surface area contributed by atoms with Crippen LogP contribution in [0.3, 0.4) is 0 Å². The minimum atomic E-state index is -0.200. The Morgan fingerprint density at radius 2 is 1.56 bits per heavy atom. The maximum atomic E-state index is 12.7. The van der Waals surface area contributed by atoms with Gasteiger partial charge in [0.25, 0.3) is 0 Å². The molecule has 184 valence electrons. The molecular formula is C27H26Cl2N6O. The Labute approximate surface area is 220 Å². The second kappa shape index (κ2) is 11.0. The van der Waals surface area contributed by atoms with E-state index in [9.17, 15) is 4.79 Å². The fourth-order valence-electron chi connectivity index (χ4n) is 4.22. The van der Waals surface area contributed by atoms with E-state index in [1.807, 2.05) is 22.9 Å². The average Bonchev–Trinajstić information content (AvgIpc) is 3.39. The third-order valence-electron chi connectivity index (χ3n) is 6.26.